The first-order valence-corrected chi connectivity index (χ1v) is 9.02. The molecule has 2 fully saturated rings. The van der Waals surface area contributed by atoms with Crippen LogP contribution in [0, 0.1) is 0 Å². The van der Waals surface area contributed by atoms with Crippen LogP contribution >= 0.6 is 0 Å². The number of nitrogens with one attached hydrogen (secondary N) is 1. The Kier molecular flexibility index (Phi) is 4.78. The first-order valence-electron chi connectivity index (χ1n) is 9.02. The van der Waals surface area contributed by atoms with E-state index < -0.39 is 18.4 Å². The maximum Gasteiger partial charge on any atom is 0.439 e. The second-order valence-corrected chi connectivity index (χ2v) is 7.35. The van der Waals surface area contributed by atoms with Crippen molar-refractivity contribution in [2.24, 2.45) is 0 Å². The number of hydrogen-bond acceptors (Lipinski definition) is 4. The third-order valence-electron chi connectivity index (χ3n) is 5.57. The molecule has 28 heavy (non-hydrogen) atoms. The Morgan fingerprint density at radius 1 is 1.32 bits per heavy atom. The maximum absolute atomic E-state index is 14.0. The zero-order valence-corrected chi connectivity index (χ0v) is 15.1. The number of aromatic nitrogens is 2. The van der Waals surface area contributed by atoms with E-state index in [4.69, 9.17) is 4.74 Å². The maximum atomic E-state index is 14.0. The fourth-order valence-corrected chi connectivity index (χ4v) is 4.07. The van der Waals surface area contributed by atoms with Crippen LogP contribution in [0.1, 0.15) is 29.5 Å². The Balaban J connectivity index is 1.60. The van der Waals surface area contributed by atoms with Gasteiger partial charge in [-0.2, -0.15) is 13.2 Å². The zero-order valence-electron chi connectivity index (χ0n) is 15.1. The minimum absolute atomic E-state index is 0.0182. The van der Waals surface area contributed by atoms with E-state index in [-0.39, 0.29) is 34.7 Å². The quantitative estimate of drug-likeness (QED) is 0.805. The lowest BCUT2D eigenvalue weighted by molar-refractivity contribution is -0.203. The van der Waals surface area contributed by atoms with Crippen LogP contribution in [0.5, 0.6) is 0 Å². The van der Waals surface area contributed by atoms with Gasteiger partial charge in [-0.1, -0.05) is 0 Å². The molecule has 0 radical (unpaired) electrons. The summed E-state index contributed by atoms with van der Waals surface area (Å²) in [5, 5.41) is 3.09. The van der Waals surface area contributed by atoms with Crippen LogP contribution in [0.2, 0.25) is 0 Å². The standard InChI is InChI=1S/C18H20F4N4O2/c1-25-11-5-10(6-12(25)9-28-8-11)24-16(27)14-7-26(17(19)18(20,21)22)15-13(14)3-2-4-23-15/h2-4,7,10-12,17H,5-6,8-9H2,1H3,(H,24,27)/t10-,11-,12+,17?. The number of morpholine rings is 1. The van der Waals surface area contributed by atoms with Crippen molar-refractivity contribution in [1.82, 2.24) is 19.8 Å². The summed E-state index contributed by atoms with van der Waals surface area (Å²) in [7, 11) is 2.02. The van der Waals surface area contributed by atoms with Gasteiger partial charge >= 0.3 is 6.18 Å². The predicted molar refractivity (Wildman–Crippen MR) is 92.6 cm³/mol. The third kappa shape index (κ3) is 3.35. The number of carbonyl (C=O) groups is 1. The van der Waals surface area contributed by atoms with Gasteiger partial charge in [-0.15, -0.1) is 0 Å². The predicted octanol–water partition coefficient (Wildman–Crippen LogP) is 2.66. The molecule has 2 aromatic heterocycles. The second kappa shape index (κ2) is 7.00. The molecule has 152 valence electrons. The fraction of sp³-hybridized carbons (Fsp3) is 0.556. The average molecular weight is 400 g/mol. The number of hydrogen-bond donors (Lipinski definition) is 1. The number of likely N-dealkylation sites (N-methyl/N-ethyl adjacent to an activating group) is 1. The number of carbonyl (C=O) groups excluding carboxylic acids is 1. The highest BCUT2D eigenvalue weighted by Crippen LogP contribution is 2.35. The number of alkyl halides is 4. The molecule has 2 aromatic rings. The number of fused-ring (bicyclic) bond motifs is 3. The van der Waals surface area contributed by atoms with Gasteiger partial charge in [0.2, 0.25) is 0 Å². The topological polar surface area (TPSA) is 59.4 Å². The Morgan fingerprint density at radius 2 is 2.00 bits per heavy atom. The lowest BCUT2D eigenvalue weighted by Gasteiger charge is -2.46. The minimum Gasteiger partial charge on any atom is -0.378 e. The molecule has 4 heterocycles. The van der Waals surface area contributed by atoms with Gasteiger partial charge in [0.25, 0.3) is 12.2 Å². The van der Waals surface area contributed by atoms with Crippen LogP contribution in [0.25, 0.3) is 11.0 Å². The number of rotatable bonds is 3. The molecule has 10 heteroatoms. The van der Waals surface area contributed by atoms with Crippen molar-refractivity contribution in [3.05, 3.63) is 30.1 Å². The van der Waals surface area contributed by atoms with Crippen molar-refractivity contribution in [3.8, 4) is 0 Å². The van der Waals surface area contributed by atoms with Gasteiger partial charge in [0.15, 0.2) is 0 Å². The van der Waals surface area contributed by atoms with Crippen molar-refractivity contribution in [2.45, 2.75) is 43.4 Å². The van der Waals surface area contributed by atoms with Crippen LogP contribution in [-0.4, -0.2) is 64.9 Å². The summed E-state index contributed by atoms with van der Waals surface area (Å²) in [6.07, 6.45) is -4.84. The van der Waals surface area contributed by atoms with Crippen molar-refractivity contribution in [2.75, 3.05) is 20.3 Å². The molecular formula is C18H20F4N4O2. The van der Waals surface area contributed by atoms with E-state index in [2.05, 4.69) is 15.2 Å². The summed E-state index contributed by atoms with van der Waals surface area (Å²) in [6, 6.07) is 3.21. The molecule has 1 N–H and O–H groups in total. The molecule has 6 nitrogen and oxygen atoms in total. The van der Waals surface area contributed by atoms with Gasteiger partial charge in [-0.3, -0.25) is 14.3 Å². The van der Waals surface area contributed by atoms with Crippen molar-refractivity contribution in [1.29, 1.82) is 0 Å². The molecule has 1 amide bonds. The van der Waals surface area contributed by atoms with Crippen LogP contribution in [0.4, 0.5) is 17.6 Å². The monoisotopic (exact) mass is 400 g/mol. The summed E-state index contributed by atoms with van der Waals surface area (Å²) < 4.78 is 58.5. The van der Waals surface area contributed by atoms with Crippen LogP contribution in [0.3, 0.4) is 0 Å². The smallest absolute Gasteiger partial charge is 0.378 e. The molecule has 4 atom stereocenters. The minimum atomic E-state index is -5.09. The highest BCUT2D eigenvalue weighted by molar-refractivity contribution is 6.06. The zero-order chi connectivity index (χ0) is 20.1. The van der Waals surface area contributed by atoms with E-state index in [1.807, 2.05) is 7.05 Å². The van der Waals surface area contributed by atoms with E-state index >= 15 is 0 Å². The lowest BCUT2D eigenvalue weighted by atomic mass is 9.90. The molecule has 0 aliphatic carbocycles. The van der Waals surface area contributed by atoms with Crippen LogP contribution in [-0.2, 0) is 4.74 Å². The molecule has 2 aliphatic rings. The van der Waals surface area contributed by atoms with E-state index in [0.29, 0.717) is 30.6 Å². The number of pyridine rings is 1. The van der Waals surface area contributed by atoms with E-state index in [1.54, 1.807) is 0 Å². The van der Waals surface area contributed by atoms with Gasteiger partial charge in [-0.25, -0.2) is 9.37 Å². The summed E-state index contributed by atoms with van der Waals surface area (Å²) in [5.41, 5.74) is -0.235. The average Bonchev–Trinajstić information content (AvgIpc) is 3.01. The Bertz CT molecular complexity index is 870. The summed E-state index contributed by atoms with van der Waals surface area (Å²) in [5.74, 6) is -0.528. The summed E-state index contributed by atoms with van der Waals surface area (Å²) >= 11 is 0. The molecule has 4 rings (SSSR count). The fourth-order valence-electron chi connectivity index (χ4n) is 4.07. The molecule has 1 unspecified atom stereocenters. The molecule has 0 spiro atoms. The number of amides is 1. The largest absolute Gasteiger partial charge is 0.439 e. The van der Waals surface area contributed by atoms with Gasteiger partial charge < -0.3 is 10.1 Å². The highest BCUT2D eigenvalue weighted by atomic mass is 19.4. The van der Waals surface area contributed by atoms with Crippen molar-refractivity contribution < 1.29 is 27.1 Å². The normalized spacial score (nSPS) is 27.0. The van der Waals surface area contributed by atoms with E-state index in [1.165, 1.54) is 18.3 Å². The third-order valence-corrected chi connectivity index (χ3v) is 5.57. The van der Waals surface area contributed by atoms with Crippen LogP contribution < -0.4 is 5.32 Å². The second-order valence-electron chi connectivity index (χ2n) is 7.35. The first kappa shape index (κ1) is 19.1. The highest BCUT2D eigenvalue weighted by Gasteiger charge is 2.43. The van der Waals surface area contributed by atoms with Gasteiger partial charge in [-0.05, 0) is 32.0 Å². The molecule has 2 aliphatic heterocycles. The van der Waals surface area contributed by atoms with Crippen LogP contribution in [0.15, 0.2) is 24.5 Å². The summed E-state index contributed by atoms with van der Waals surface area (Å²) in [6.45, 7) is 1.16. The Labute approximate surface area is 158 Å². The summed E-state index contributed by atoms with van der Waals surface area (Å²) in [4.78, 5) is 18.9. The Hall–Kier alpha value is -2.20. The molecular weight excluding hydrogens is 380 g/mol. The lowest BCUT2D eigenvalue weighted by Crippen LogP contribution is -2.59. The van der Waals surface area contributed by atoms with Crippen molar-refractivity contribution >= 4 is 16.9 Å². The van der Waals surface area contributed by atoms with Gasteiger partial charge in [0, 0.05) is 35.9 Å². The van der Waals surface area contributed by atoms with Gasteiger partial charge in [0.05, 0.1) is 18.8 Å². The van der Waals surface area contributed by atoms with Crippen molar-refractivity contribution in [3.63, 3.8) is 0 Å². The molecule has 2 bridgehead atoms. The van der Waals surface area contributed by atoms with E-state index in [0.717, 1.165) is 6.20 Å². The first-order chi connectivity index (χ1) is 13.3. The number of halogens is 4. The SMILES string of the molecule is CN1[C@@H]2COC[C@H]1C[C@@H](NC(=O)c1cn(C(F)C(F)(F)F)c3ncccc13)C2. The Morgan fingerprint density at radius 3 is 2.64 bits per heavy atom. The molecule has 0 aromatic carbocycles. The molecule has 0 saturated carbocycles. The van der Waals surface area contributed by atoms with E-state index in [9.17, 15) is 22.4 Å². The number of piperidine rings is 1. The number of ether oxygens (including phenoxy) is 1. The van der Waals surface area contributed by atoms with Gasteiger partial charge in [0.1, 0.15) is 5.65 Å². The molecule has 2 saturated heterocycles. The number of nitrogens with zero attached hydrogens (tertiary/aromatic N) is 3.